The molecule has 130 valence electrons. The minimum absolute atomic E-state index is 0.0356. The minimum Gasteiger partial charge on any atom is -0.497 e. The zero-order valence-electron chi connectivity index (χ0n) is 14.3. The van der Waals surface area contributed by atoms with Crippen LogP contribution in [0, 0.1) is 0 Å². The summed E-state index contributed by atoms with van der Waals surface area (Å²) < 4.78 is 5.08. The number of aryl methyl sites for hydroxylation is 2. The van der Waals surface area contributed by atoms with E-state index in [0.717, 1.165) is 29.8 Å². The van der Waals surface area contributed by atoms with Crippen LogP contribution in [0.1, 0.15) is 23.1 Å². The van der Waals surface area contributed by atoms with Crippen molar-refractivity contribution in [1.29, 1.82) is 0 Å². The van der Waals surface area contributed by atoms with Crippen LogP contribution < -0.4 is 15.4 Å². The van der Waals surface area contributed by atoms with Gasteiger partial charge in [0, 0.05) is 5.69 Å². The molecule has 0 spiro atoms. The SMILES string of the molecule is COc1ccc(CC(=O)NCC(=O)Nc2ccc3c(c2)CCC3)cc1. The molecule has 0 radical (unpaired) electrons. The lowest BCUT2D eigenvalue weighted by Crippen LogP contribution is -2.33. The van der Waals surface area contributed by atoms with Gasteiger partial charge >= 0.3 is 0 Å². The lowest BCUT2D eigenvalue weighted by atomic mass is 10.1. The Labute approximate surface area is 147 Å². The Morgan fingerprint density at radius 1 is 1.00 bits per heavy atom. The molecule has 0 aromatic heterocycles. The fourth-order valence-electron chi connectivity index (χ4n) is 3.02. The van der Waals surface area contributed by atoms with Crippen molar-refractivity contribution in [3.05, 3.63) is 59.2 Å². The Balaban J connectivity index is 1.45. The van der Waals surface area contributed by atoms with Crippen LogP contribution in [-0.2, 0) is 28.9 Å². The van der Waals surface area contributed by atoms with Crippen molar-refractivity contribution in [1.82, 2.24) is 5.32 Å². The van der Waals surface area contributed by atoms with Crippen molar-refractivity contribution in [3.8, 4) is 5.75 Å². The van der Waals surface area contributed by atoms with E-state index in [-0.39, 0.29) is 24.8 Å². The van der Waals surface area contributed by atoms with Crippen molar-refractivity contribution in [2.75, 3.05) is 19.0 Å². The molecule has 0 atom stereocenters. The number of carbonyl (C=O) groups excluding carboxylic acids is 2. The van der Waals surface area contributed by atoms with Gasteiger partial charge in [-0.25, -0.2) is 0 Å². The molecule has 0 aliphatic heterocycles. The summed E-state index contributed by atoms with van der Waals surface area (Å²) in [6.45, 7) is -0.0356. The van der Waals surface area contributed by atoms with Crippen molar-refractivity contribution in [2.45, 2.75) is 25.7 Å². The summed E-state index contributed by atoms with van der Waals surface area (Å²) in [6.07, 6.45) is 3.59. The number of anilines is 1. The summed E-state index contributed by atoms with van der Waals surface area (Å²) >= 11 is 0. The number of hydrogen-bond donors (Lipinski definition) is 2. The van der Waals surface area contributed by atoms with E-state index in [4.69, 9.17) is 4.74 Å². The van der Waals surface area contributed by atoms with Gasteiger partial charge in [-0.05, 0) is 60.2 Å². The third-order valence-corrected chi connectivity index (χ3v) is 4.35. The normalized spacial score (nSPS) is 12.4. The Kier molecular flexibility index (Phi) is 5.33. The topological polar surface area (TPSA) is 67.4 Å². The van der Waals surface area contributed by atoms with E-state index in [1.165, 1.54) is 17.5 Å². The van der Waals surface area contributed by atoms with Crippen LogP contribution in [0.2, 0.25) is 0 Å². The van der Waals surface area contributed by atoms with Crippen LogP contribution in [0.15, 0.2) is 42.5 Å². The third-order valence-electron chi connectivity index (χ3n) is 4.35. The Hall–Kier alpha value is -2.82. The number of nitrogens with one attached hydrogen (secondary N) is 2. The molecule has 0 bridgehead atoms. The Morgan fingerprint density at radius 3 is 2.52 bits per heavy atom. The van der Waals surface area contributed by atoms with Gasteiger partial charge in [-0.1, -0.05) is 18.2 Å². The summed E-state index contributed by atoms with van der Waals surface area (Å²) in [5, 5.41) is 5.49. The summed E-state index contributed by atoms with van der Waals surface area (Å²) in [4.78, 5) is 24.0. The predicted molar refractivity (Wildman–Crippen MR) is 96.8 cm³/mol. The molecule has 1 aliphatic rings. The minimum atomic E-state index is -0.221. The van der Waals surface area contributed by atoms with E-state index in [9.17, 15) is 9.59 Å². The maximum absolute atomic E-state index is 12.0. The molecule has 2 aromatic carbocycles. The maximum atomic E-state index is 12.0. The largest absolute Gasteiger partial charge is 0.497 e. The van der Waals surface area contributed by atoms with E-state index in [1.807, 2.05) is 36.4 Å². The molecule has 0 fully saturated rings. The molecular weight excluding hydrogens is 316 g/mol. The van der Waals surface area contributed by atoms with Crippen molar-refractivity contribution >= 4 is 17.5 Å². The first kappa shape index (κ1) is 17.0. The molecule has 1 aliphatic carbocycles. The second kappa shape index (κ2) is 7.83. The van der Waals surface area contributed by atoms with Gasteiger partial charge in [0.15, 0.2) is 0 Å². The van der Waals surface area contributed by atoms with Gasteiger partial charge in [-0.15, -0.1) is 0 Å². The highest BCUT2D eigenvalue weighted by Gasteiger charge is 2.12. The summed E-state index contributed by atoms with van der Waals surface area (Å²) in [5.41, 5.74) is 4.33. The van der Waals surface area contributed by atoms with Gasteiger partial charge in [0.25, 0.3) is 0 Å². The lowest BCUT2D eigenvalue weighted by Gasteiger charge is -2.09. The predicted octanol–water partition coefficient (Wildman–Crippen LogP) is 2.48. The number of methoxy groups -OCH3 is 1. The molecule has 2 N–H and O–H groups in total. The molecule has 0 saturated heterocycles. The number of hydrogen-bond acceptors (Lipinski definition) is 3. The van der Waals surface area contributed by atoms with Gasteiger partial charge in [0.05, 0.1) is 20.1 Å². The second-order valence-electron chi connectivity index (χ2n) is 6.19. The molecular formula is C20H22N2O3. The van der Waals surface area contributed by atoms with Gasteiger partial charge in [-0.2, -0.15) is 0 Å². The summed E-state index contributed by atoms with van der Waals surface area (Å²) in [5.74, 6) is 0.341. The molecule has 0 heterocycles. The van der Waals surface area contributed by atoms with Crippen LogP contribution in [-0.4, -0.2) is 25.5 Å². The fourth-order valence-corrected chi connectivity index (χ4v) is 3.02. The Bertz CT molecular complexity index is 769. The number of benzene rings is 2. The average molecular weight is 338 g/mol. The van der Waals surface area contributed by atoms with Gasteiger partial charge < -0.3 is 15.4 Å². The highest BCUT2D eigenvalue weighted by Crippen LogP contribution is 2.24. The summed E-state index contributed by atoms with van der Waals surface area (Å²) in [7, 11) is 1.60. The smallest absolute Gasteiger partial charge is 0.243 e. The monoisotopic (exact) mass is 338 g/mol. The van der Waals surface area contributed by atoms with Crippen molar-refractivity contribution in [2.24, 2.45) is 0 Å². The van der Waals surface area contributed by atoms with E-state index in [2.05, 4.69) is 16.7 Å². The molecule has 2 amide bonds. The zero-order chi connectivity index (χ0) is 17.6. The molecule has 3 rings (SSSR count). The second-order valence-corrected chi connectivity index (χ2v) is 6.19. The molecule has 25 heavy (non-hydrogen) atoms. The molecule has 5 nitrogen and oxygen atoms in total. The number of carbonyl (C=O) groups is 2. The van der Waals surface area contributed by atoms with Gasteiger partial charge in [0.2, 0.25) is 11.8 Å². The fraction of sp³-hybridized carbons (Fsp3) is 0.300. The molecule has 0 unspecified atom stereocenters. The number of rotatable bonds is 6. The summed E-state index contributed by atoms with van der Waals surface area (Å²) in [6, 6.07) is 13.3. The Morgan fingerprint density at radius 2 is 1.76 bits per heavy atom. The van der Waals surface area contributed by atoms with E-state index < -0.39 is 0 Å². The maximum Gasteiger partial charge on any atom is 0.243 e. The lowest BCUT2D eigenvalue weighted by molar-refractivity contribution is -0.123. The zero-order valence-corrected chi connectivity index (χ0v) is 14.3. The standard InChI is InChI=1S/C20H22N2O3/c1-25-18-9-5-14(6-10-18)11-19(23)21-13-20(24)22-17-8-7-15-3-2-4-16(15)12-17/h5-10,12H,2-4,11,13H2,1H3,(H,21,23)(H,22,24). The third kappa shape index (κ3) is 4.59. The first-order valence-corrected chi connectivity index (χ1v) is 8.45. The van der Waals surface area contributed by atoms with Crippen LogP contribution in [0.25, 0.3) is 0 Å². The van der Waals surface area contributed by atoms with E-state index in [0.29, 0.717) is 0 Å². The first-order chi connectivity index (χ1) is 12.1. The first-order valence-electron chi connectivity index (χ1n) is 8.45. The highest BCUT2D eigenvalue weighted by atomic mass is 16.5. The van der Waals surface area contributed by atoms with Crippen LogP contribution >= 0.6 is 0 Å². The van der Waals surface area contributed by atoms with Crippen LogP contribution in [0.4, 0.5) is 5.69 Å². The quantitative estimate of drug-likeness (QED) is 0.850. The highest BCUT2D eigenvalue weighted by molar-refractivity contribution is 5.94. The van der Waals surface area contributed by atoms with Crippen molar-refractivity contribution < 1.29 is 14.3 Å². The molecule has 5 heteroatoms. The van der Waals surface area contributed by atoms with Gasteiger partial charge in [0.1, 0.15) is 5.75 Å². The number of fused-ring (bicyclic) bond motifs is 1. The number of ether oxygens (including phenoxy) is 1. The van der Waals surface area contributed by atoms with E-state index >= 15 is 0 Å². The van der Waals surface area contributed by atoms with Gasteiger partial charge in [-0.3, -0.25) is 9.59 Å². The van der Waals surface area contributed by atoms with Crippen LogP contribution in [0.5, 0.6) is 5.75 Å². The van der Waals surface area contributed by atoms with E-state index in [1.54, 1.807) is 7.11 Å². The van der Waals surface area contributed by atoms with Crippen LogP contribution in [0.3, 0.4) is 0 Å². The molecule has 0 saturated carbocycles. The van der Waals surface area contributed by atoms with Crippen molar-refractivity contribution in [3.63, 3.8) is 0 Å². The molecule has 2 aromatic rings. The number of amides is 2. The average Bonchev–Trinajstić information content (AvgIpc) is 3.08.